The first kappa shape index (κ1) is 12.9. The molecule has 2 aromatic rings. The van der Waals surface area contributed by atoms with Gasteiger partial charge in [0.25, 0.3) is 0 Å². The molecule has 1 aliphatic rings. The largest absolute Gasteiger partial charge is 0.381 e. The summed E-state index contributed by atoms with van der Waals surface area (Å²) < 4.78 is 5.40. The topological polar surface area (TPSA) is 41.1 Å². The molecule has 3 heterocycles. The number of rotatable bonds is 3. The molecular formula is C14H18ClN3O. The van der Waals surface area contributed by atoms with Gasteiger partial charge in [0.15, 0.2) is 0 Å². The molecule has 1 N–H and O–H groups in total. The number of piperidine rings is 1. The summed E-state index contributed by atoms with van der Waals surface area (Å²) in [5.74, 6) is 0. The normalized spacial score (nSPS) is 18.2. The molecule has 3 rings (SSSR count). The van der Waals surface area contributed by atoms with Gasteiger partial charge in [-0.25, -0.2) is 4.98 Å². The quantitative estimate of drug-likeness (QED) is 0.879. The fraction of sp³-hybridized carbons (Fsp3) is 0.500. The van der Waals surface area contributed by atoms with Crippen LogP contribution < -0.4 is 0 Å². The molecule has 2 aromatic heterocycles. The van der Waals surface area contributed by atoms with E-state index in [4.69, 9.17) is 16.3 Å². The standard InChI is InChI=1S/C14H18ClN3O/c1-19-11-3-6-18(7-4-11)9-10-8-13(15)17-14-12(10)2-5-16-14/h2,5,8,11H,3-4,6-7,9H2,1H3,(H,16,17). The molecule has 19 heavy (non-hydrogen) atoms. The van der Waals surface area contributed by atoms with Gasteiger partial charge in [-0.05, 0) is 30.5 Å². The van der Waals surface area contributed by atoms with Gasteiger partial charge in [0.2, 0.25) is 0 Å². The van der Waals surface area contributed by atoms with Gasteiger partial charge in [-0.15, -0.1) is 0 Å². The van der Waals surface area contributed by atoms with Crippen LogP contribution >= 0.6 is 11.6 Å². The predicted molar refractivity (Wildman–Crippen MR) is 76.4 cm³/mol. The number of hydrogen-bond donors (Lipinski definition) is 1. The van der Waals surface area contributed by atoms with Crippen LogP contribution in [0.2, 0.25) is 5.15 Å². The number of aromatic nitrogens is 2. The Morgan fingerprint density at radius 3 is 3.00 bits per heavy atom. The van der Waals surface area contributed by atoms with Crippen molar-refractivity contribution in [2.45, 2.75) is 25.5 Å². The van der Waals surface area contributed by atoms with Gasteiger partial charge < -0.3 is 9.72 Å². The molecule has 0 amide bonds. The molecule has 0 aromatic carbocycles. The van der Waals surface area contributed by atoms with E-state index in [1.807, 2.05) is 12.3 Å². The second-order valence-electron chi connectivity index (χ2n) is 5.06. The number of hydrogen-bond acceptors (Lipinski definition) is 3. The van der Waals surface area contributed by atoms with E-state index in [9.17, 15) is 0 Å². The Balaban J connectivity index is 1.76. The van der Waals surface area contributed by atoms with E-state index in [-0.39, 0.29) is 0 Å². The molecule has 1 aliphatic heterocycles. The Kier molecular flexibility index (Phi) is 3.73. The smallest absolute Gasteiger partial charge is 0.139 e. The average Bonchev–Trinajstić information content (AvgIpc) is 2.88. The lowest BCUT2D eigenvalue weighted by atomic mass is 10.1. The van der Waals surface area contributed by atoms with E-state index >= 15 is 0 Å². The molecule has 0 bridgehead atoms. The van der Waals surface area contributed by atoms with Gasteiger partial charge in [0, 0.05) is 38.3 Å². The maximum Gasteiger partial charge on any atom is 0.139 e. The zero-order valence-corrected chi connectivity index (χ0v) is 11.8. The van der Waals surface area contributed by atoms with Crippen LogP contribution in [-0.2, 0) is 11.3 Å². The Morgan fingerprint density at radius 1 is 1.47 bits per heavy atom. The lowest BCUT2D eigenvalue weighted by molar-refractivity contribution is 0.0390. The molecule has 0 aliphatic carbocycles. The van der Waals surface area contributed by atoms with Crippen LogP contribution in [0.1, 0.15) is 18.4 Å². The number of ether oxygens (including phenoxy) is 1. The maximum atomic E-state index is 6.07. The Bertz CT molecular complexity index is 561. The number of aromatic amines is 1. The third kappa shape index (κ3) is 2.76. The molecule has 0 unspecified atom stereocenters. The van der Waals surface area contributed by atoms with Crippen molar-refractivity contribution in [3.8, 4) is 0 Å². The van der Waals surface area contributed by atoms with E-state index in [1.54, 1.807) is 7.11 Å². The number of nitrogens with one attached hydrogen (secondary N) is 1. The fourth-order valence-corrected chi connectivity index (χ4v) is 2.96. The van der Waals surface area contributed by atoms with Crippen molar-refractivity contribution < 1.29 is 4.74 Å². The van der Waals surface area contributed by atoms with Crippen LogP contribution in [0.15, 0.2) is 18.3 Å². The summed E-state index contributed by atoms with van der Waals surface area (Å²) in [5, 5.41) is 1.72. The SMILES string of the molecule is COC1CCN(Cc2cc(Cl)nc3[nH]ccc23)CC1. The Morgan fingerprint density at radius 2 is 2.26 bits per heavy atom. The van der Waals surface area contributed by atoms with Crippen molar-refractivity contribution in [3.63, 3.8) is 0 Å². The average molecular weight is 280 g/mol. The second-order valence-corrected chi connectivity index (χ2v) is 5.44. The van der Waals surface area contributed by atoms with E-state index in [0.29, 0.717) is 11.3 Å². The number of halogens is 1. The summed E-state index contributed by atoms with van der Waals surface area (Å²) in [4.78, 5) is 9.86. The molecule has 0 radical (unpaired) electrons. The summed E-state index contributed by atoms with van der Waals surface area (Å²) in [7, 11) is 1.80. The molecular weight excluding hydrogens is 262 g/mol. The van der Waals surface area contributed by atoms with Gasteiger partial charge >= 0.3 is 0 Å². The van der Waals surface area contributed by atoms with Gasteiger partial charge in [-0.3, -0.25) is 4.90 Å². The monoisotopic (exact) mass is 279 g/mol. The van der Waals surface area contributed by atoms with E-state index in [1.165, 1.54) is 10.9 Å². The summed E-state index contributed by atoms with van der Waals surface area (Å²) in [6.07, 6.45) is 4.54. The summed E-state index contributed by atoms with van der Waals surface area (Å²) in [6.45, 7) is 3.07. The minimum Gasteiger partial charge on any atom is -0.381 e. The van der Waals surface area contributed by atoms with Crippen LogP contribution in [0.5, 0.6) is 0 Å². The highest BCUT2D eigenvalue weighted by Gasteiger charge is 2.19. The Labute approximate surface area is 117 Å². The summed E-state index contributed by atoms with van der Waals surface area (Å²) >= 11 is 6.07. The molecule has 0 atom stereocenters. The maximum absolute atomic E-state index is 6.07. The van der Waals surface area contributed by atoms with Gasteiger partial charge in [0.1, 0.15) is 10.8 Å². The molecule has 0 saturated carbocycles. The third-order valence-corrected chi connectivity index (χ3v) is 4.04. The number of nitrogens with zero attached hydrogens (tertiary/aromatic N) is 2. The van der Waals surface area contributed by atoms with Crippen LogP contribution in [0, 0.1) is 0 Å². The predicted octanol–water partition coefficient (Wildman–Crippen LogP) is 2.83. The number of H-pyrrole nitrogens is 1. The first-order chi connectivity index (χ1) is 9.26. The highest BCUT2D eigenvalue weighted by atomic mass is 35.5. The molecule has 1 fully saturated rings. The van der Waals surface area contributed by atoms with Gasteiger partial charge in [-0.2, -0.15) is 0 Å². The molecule has 4 nitrogen and oxygen atoms in total. The van der Waals surface area contributed by atoms with E-state index in [0.717, 1.165) is 38.1 Å². The molecule has 102 valence electrons. The van der Waals surface area contributed by atoms with Crippen molar-refractivity contribution in [1.82, 2.24) is 14.9 Å². The first-order valence-corrected chi connectivity index (χ1v) is 7.01. The minimum atomic E-state index is 0.421. The van der Waals surface area contributed by atoms with Crippen molar-refractivity contribution in [3.05, 3.63) is 29.0 Å². The van der Waals surface area contributed by atoms with E-state index in [2.05, 4.69) is 20.9 Å². The highest BCUT2D eigenvalue weighted by Crippen LogP contribution is 2.23. The van der Waals surface area contributed by atoms with Crippen LogP contribution in [0.4, 0.5) is 0 Å². The molecule has 1 saturated heterocycles. The number of likely N-dealkylation sites (tertiary alicyclic amines) is 1. The fourth-order valence-electron chi connectivity index (χ4n) is 2.75. The molecule has 0 spiro atoms. The Hall–Kier alpha value is -1.10. The lowest BCUT2D eigenvalue weighted by Gasteiger charge is -2.31. The molecule has 5 heteroatoms. The number of fused-ring (bicyclic) bond motifs is 1. The highest BCUT2D eigenvalue weighted by molar-refractivity contribution is 6.29. The first-order valence-electron chi connectivity index (χ1n) is 6.64. The van der Waals surface area contributed by atoms with Crippen molar-refractivity contribution in [2.24, 2.45) is 0 Å². The number of methoxy groups -OCH3 is 1. The lowest BCUT2D eigenvalue weighted by Crippen LogP contribution is -2.36. The van der Waals surface area contributed by atoms with Crippen LogP contribution in [0.25, 0.3) is 11.0 Å². The zero-order chi connectivity index (χ0) is 13.2. The number of pyridine rings is 1. The van der Waals surface area contributed by atoms with Crippen LogP contribution in [-0.4, -0.2) is 41.2 Å². The van der Waals surface area contributed by atoms with Gasteiger partial charge in [-0.1, -0.05) is 11.6 Å². The van der Waals surface area contributed by atoms with Gasteiger partial charge in [0.05, 0.1) is 6.10 Å². The zero-order valence-electron chi connectivity index (χ0n) is 11.0. The summed E-state index contributed by atoms with van der Waals surface area (Å²) in [5.41, 5.74) is 2.11. The van der Waals surface area contributed by atoms with Crippen molar-refractivity contribution in [2.75, 3.05) is 20.2 Å². The van der Waals surface area contributed by atoms with E-state index < -0.39 is 0 Å². The summed E-state index contributed by atoms with van der Waals surface area (Å²) in [6, 6.07) is 4.04. The second kappa shape index (κ2) is 5.49. The van der Waals surface area contributed by atoms with Crippen LogP contribution in [0.3, 0.4) is 0 Å². The van der Waals surface area contributed by atoms with Crippen molar-refractivity contribution >= 4 is 22.6 Å². The third-order valence-electron chi connectivity index (χ3n) is 3.84. The minimum absolute atomic E-state index is 0.421. The van der Waals surface area contributed by atoms with Crippen molar-refractivity contribution in [1.29, 1.82) is 0 Å².